The quantitative estimate of drug-likeness (QED) is 0.632. The standard InChI is InChI=1S/C17H15NOS3/c19-17(4-1-13-6-9-20-11-13)18-8-5-15-2-3-16(22-15)14-7-10-21-12-14/h1-4,6-7,9-12H,5,8H2,(H,18,19). The summed E-state index contributed by atoms with van der Waals surface area (Å²) in [5.74, 6) is -0.0409. The van der Waals surface area contributed by atoms with Crippen LogP contribution in [0.15, 0.2) is 51.9 Å². The Morgan fingerprint density at radius 2 is 1.95 bits per heavy atom. The number of amides is 1. The van der Waals surface area contributed by atoms with Crippen LogP contribution < -0.4 is 5.32 Å². The average Bonchev–Trinajstić information content (AvgIpc) is 3.26. The molecule has 0 saturated carbocycles. The van der Waals surface area contributed by atoms with Crippen molar-refractivity contribution in [3.63, 3.8) is 0 Å². The van der Waals surface area contributed by atoms with Crippen molar-refractivity contribution in [1.29, 1.82) is 0 Å². The molecule has 0 fully saturated rings. The lowest BCUT2D eigenvalue weighted by atomic mass is 10.2. The summed E-state index contributed by atoms with van der Waals surface area (Å²) in [4.78, 5) is 14.3. The van der Waals surface area contributed by atoms with Gasteiger partial charge in [0.1, 0.15) is 0 Å². The summed E-state index contributed by atoms with van der Waals surface area (Å²) in [6, 6.07) is 8.43. The number of thiophene rings is 3. The molecule has 0 aliphatic rings. The van der Waals surface area contributed by atoms with Gasteiger partial charge in [-0.2, -0.15) is 22.7 Å². The monoisotopic (exact) mass is 345 g/mol. The van der Waals surface area contributed by atoms with E-state index in [1.54, 1.807) is 40.1 Å². The maximum Gasteiger partial charge on any atom is 0.244 e. The van der Waals surface area contributed by atoms with E-state index in [9.17, 15) is 4.79 Å². The molecule has 0 aliphatic carbocycles. The second-order valence-electron chi connectivity index (χ2n) is 4.71. The normalized spacial score (nSPS) is 11.1. The molecule has 2 nitrogen and oxygen atoms in total. The largest absolute Gasteiger partial charge is 0.352 e. The Labute approximate surface area is 141 Å². The molecule has 0 radical (unpaired) electrons. The molecule has 0 bridgehead atoms. The first kappa shape index (κ1) is 15.2. The Morgan fingerprint density at radius 1 is 1.09 bits per heavy atom. The van der Waals surface area contributed by atoms with E-state index in [0.29, 0.717) is 6.54 Å². The lowest BCUT2D eigenvalue weighted by Gasteiger charge is -2.00. The number of nitrogens with one attached hydrogen (secondary N) is 1. The fourth-order valence-electron chi connectivity index (χ4n) is 1.98. The molecular weight excluding hydrogens is 330 g/mol. The van der Waals surface area contributed by atoms with Gasteiger partial charge in [0.2, 0.25) is 5.91 Å². The molecule has 5 heteroatoms. The lowest BCUT2D eigenvalue weighted by molar-refractivity contribution is -0.116. The third-order valence-corrected chi connectivity index (χ3v) is 5.69. The molecule has 112 valence electrons. The van der Waals surface area contributed by atoms with Gasteiger partial charge in [-0.25, -0.2) is 0 Å². The fourth-order valence-corrected chi connectivity index (χ4v) is 4.34. The number of carbonyl (C=O) groups excluding carboxylic acids is 1. The molecule has 0 aliphatic heterocycles. The summed E-state index contributed by atoms with van der Waals surface area (Å²) in [5, 5.41) is 11.2. The van der Waals surface area contributed by atoms with Gasteiger partial charge in [-0.3, -0.25) is 4.79 Å². The Balaban J connectivity index is 1.46. The van der Waals surface area contributed by atoms with Gasteiger partial charge >= 0.3 is 0 Å². The van der Waals surface area contributed by atoms with Gasteiger partial charge in [0, 0.05) is 27.9 Å². The first-order valence-electron chi connectivity index (χ1n) is 6.91. The van der Waals surface area contributed by atoms with Gasteiger partial charge in [0.05, 0.1) is 0 Å². The van der Waals surface area contributed by atoms with E-state index in [0.717, 1.165) is 12.0 Å². The number of carbonyl (C=O) groups is 1. The summed E-state index contributed by atoms with van der Waals surface area (Å²) in [5.41, 5.74) is 2.35. The van der Waals surface area contributed by atoms with Gasteiger partial charge in [-0.15, -0.1) is 11.3 Å². The van der Waals surface area contributed by atoms with E-state index in [4.69, 9.17) is 0 Å². The van der Waals surface area contributed by atoms with Crippen LogP contribution in [0.4, 0.5) is 0 Å². The van der Waals surface area contributed by atoms with Gasteiger partial charge in [0.25, 0.3) is 0 Å². The zero-order chi connectivity index (χ0) is 15.2. The molecule has 0 unspecified atom stereocenters. The molecule has 3 heterocycles. The highest BCUT2D eigenvalue weighted by Gasteiger charge is 2.03. The Kier molecular flexibility index (Phi) is 5.21. The third-order valence-electron chi connectivity index (χ3n) is 3.11. The molecule has 1 N–H and O–H groups in total. The van der Waals surface area contributed by atoms with Crippen LogP contribution >= 0.6 is 34.0 Å². The zero-order valence-electron chi connectivity index (χ0n) is 11.8. The summed E-state index contributed by atoms with van der Waals surface area (Å²) >= 11 is 5.13. The number of hydrogen-bond donors (Lipinski definition) is 1. The van der Waals surface area contributed by atoms with Crippen LogP contribution in [0.2, 0.25) is 0 Å². The highest BCUT2D eigenvalue weighted by Crippen LogP contribution is 2.29. The highest BCUT2D eigenvalue weighted by atomic mass is 32.1. The summed E-state index contributed by atoms with van der Waals surface area (Å²) < 4.78 is 0. The number of rotatable bonds is 6. The van der Waals surface area contributed by atoms with Crippen LogP contribution in [0.25, 0.3) is 16.5 Å². The van der Waals surface area contributed by atoms with Crippen molar-refractivity contribution in [2.75, 3.05) is 6.54 Å². The Hall–Kier alpha value is -1.69. The third kappa shape index (κ3) is 4.16. The predicted octanol–water partition coefficient (Wildman–Crippen LogP) is 4.91. The van der Waals surface area contributed by atoms with Crippen molar-refractivity contribution in [3.8, 4) is 10.4 Å². The van der Waals surface area contributed by atoms with Gasteiger partial charge < -0.3 is 5.32 Å². The Morgan fingerprint density at radius 3 is 2.73 bits per heavy atom. The predicted molar refractivity (Wildman–Crippen MR) is 97.7 cm³/mol. The summed E-state index contributed by atoms with van der Waals surface area (Å²) in [6.45, 7) is 0.663. The fraction of sp³-hybridized carbons (Fsp3) is 0.118. The van der Waals surface area contributed by atoms with Crippen LogP contribution in [0, 0.1) is 0 Å². The first-order chi connectivity index (χ1) is 10.8. The van der Waals surface area contributed by atoms with Crippen LogP contribution in [0.1, 0.15) is 10.4 Å². The molecule has 0 saturated heterocycles. The van der Waals surface area contributed by atoms with Crippen LogP contribution in [0.3, 0.4) is 0 Å². The molecule has 3 rings (SSSR count). The topological polar surface area (TPSA) is 29.1 Å². The summed E-state index contributed by atoms with van der Waals surface area (Å²) in [6.07, 6.45) is 4.30. The maximum atomic E-state index is 11.7. The second-order valence-corrected chi connectivity index (χ2v) is 7.44. The minimum Gasteiger partial charge on any atom is -0.352 e. The summed E-state index contributed by atoms with van der Waals surface area (Å²) in [7, 11) is 0. The van der Waals surface area contributed by atoms with Crippen LogP contribution in [-0.4, -0.2) is 12.5 Å². The second kappa shape index (κ2) is 7.54. The average molecular weight is 346 g/mol. The molecule has 0 aromatic carbocycles. The van der Waals surface area contributed by atoms with Crippen molar-refractivity contribution >= 4 is 46.0 Å². The van der Waals surface area contributed by atoms with Crippen LogP contribution in [0.5, 0.6) is 0 Å². The molecular formula is C17H15NOS3. The SMILES string of the molecule is O=C(C=Cc1ccsc1)NCCc1ccc(-c2ccsc2)s1. The zero-order valence-corrected chi connectivity index (χ0v) is 14.3. The molecule has 0 spiro atoms. The van der Waals surface area contributed by atoms with E-state index in [2.05, 4.69) is 34.3 Å². The minimum absolute atomic E-state index is 0.0409. The van der Waals surface area contributed by atoms with E-state index in [1.807, 2.05) is 22.9 Å². The first-order valence-corrected chi connectivity index (χ1v) is 9.61. The smallest absolute Gasteiger partial charge is 0.244 e. The molecule has 3 aromatic heterocycles. The van der Waals surface area contributed by atoms with Crippen molar-refractivity contribution in [2.45, 2.75) is 6.42 Å². The molecule has 22 heavy (non-hydrogen) atoms. The molecule has 3 aromatic rings. The number of hydrogen-bond acceptors (Lipinski definition) is 4. The van der Waals surface area contributed by atoms with E-state index in [1.165, 1.54) is 15.3 Å². The van der Waals surface area contributed by atoms with Crippen molar-refractivity contribution in [2.24, 2.45) is 0 Å². The molecule has 1 amide bonds. The van der Waals surface area contributed by atoms with E-state index < -0.39 is 0 Å². The van der Waals surface area contributed by atoms with Crippen molar-refractivity contribution in [3.05, 3.63) is 62.3 Å². The van der Waals surface area contributed by atoms with Crippen molar-refractivity contribution in [1.82, 2.24) is 5.32 Å². The Bertz CT molecular complexity index is 739. The maximum absolute atomic E-state index is 11.7. The highest BCUT2D eigenvalue weighted by molar-refractivity contribution is 7.16. The van der Waals surface area contributed by atoms with Gasteiger partial charge in [0.15, 0.2) is 0 Å². The van der Waals surface area contributed by atoms with E-state index in [-0.39, 0.29) is 5.91 Å². The van der Waals surface area contributed by atoms with Crippen LogP contribution in [-0.2, 0) is 11.2 Å². The van der Waals surface area contributed by atoms with E-state index >= 15 is 0 Å². The van der Waals surface area contributed by atoms with Gasteiger partial charge in [-0.1, -0.05) is 0 Å². The van der Waals surface area contributed by atoms with Crippen molar-refractivity contribution < 1.29 is 4.79 Å². The lowest BCUT2D eigenvalue weighted by Crippen LogP contribution is -2.23. The molecule has 0 atom stereocenters. The van der Waals surface area contributed by atoms with Gasteiger partial charge in [-0.05, 0) is 63.8 Å². The minimum atomic E-state index is -0.0409.